The zero-order valence-electron chi connectivity index (χ0n) is 24.3. The summed E-state index contributed by atoms with van der Waals surface area (Å²) < 4.78 is 29.6. The van der Waals surface area contributed by atoms with Crippen LogP contribution in [0.1, 0.15) is 56.3 Å². The summed E-state index contributed by atoms with van der Waals surface area (Å²) >= 11 is 0.878. The Bertz CT molecular complexity index is 1510. The van der Waals surface area contributed by atoms with Gasteiger partial charge in [0.2, 0.25) is 5.12 Å². The number of aliphatic hydroxyl groups is 1. The molecular formula is C34H36FNO6S. The third-order valence-electron chi connectivity index (χ3n) is 10.6. The summed E-state index contributed by atoms with van der Waals surface area (Å²) in [5, 5.41) is 11.3. The number of ketones is 1. The number of para-hydroxylation sites is 1. The van der Waals surface area contributed by atoms with Crippen LogP contribution in [-0.2, 0) is 14.3 Å². The third kappa shape index (κ3) is 4.42. The number of alkyl halides is 1. The van der Waals surface area contributed by atoms with Gasteiger partial charge < -0.3 is 20.3 Å². The number of esters is 1. The number of benzene rings is 2. The van der Waals surface area contributed by atoms with Crippen LogP contribution in [0, 0.1) is 22.7 Å². The first-order chi connectivity index (χ1) is 20.5. The standard InChI is InChI=1S/C34H36FNO6S/c1-31-16-14-23(37)18-22(31)10-13-27-26-15-17-33(30(40)43-20-36,32(26,2)19-28(38)34(27,31)35)42-29(39)21-8-11-25(12-9-21)41-24-6-4-3-5-7-24/h3-9,11-12,14,16,18,26-28,38H,10,13,15,17,19-20,36H2,1-2H3/t26-,27-,28-,31-,32-,33-,34-/m0/s1. The Morgan fingerprint density at radius 1 is 1.05 bits per heavy atom. The van der Waals surface area contributed by atoms with Crippen LogP contribution in [0.25, 0.3) is 0 Å². The van der Waals surface area contributed by atoms with Crippen molar-refractivity contribution >= 4 is 28.6 Å². The minimum Gasteiger partial charge on any atom is -0.457 e. The van der Waals surface area contributed by atoms with E-state index in [4.69, 9.17) is 15.2 Å². The van der Waals surface area contributed by atoms with Gasteiger partial charge in [0.05, 0.1) is 11.7 Å². The lowest BCUT2D eigenvalue weighted by atomic mass is 9.45. The average Bonchev–Trinajstić information content (AvgIpc) is 3.27. The molecule has 6 rings (SSSR count). The van der Waals surface area contributed by atoms with Crippen molar-refractivity contribution in [1.82, 2.24) is 0 Å². The van der Waals surface area contributed by atoms with E-state index >= 15 is 4.39 Å². The van der Waals surface area contributed by atoms with E-state index in [2.05, 4.69) is 0 Å². The topological polar surface area (TPSA) is 116 Å². The van der Waals surface area contributed by atoms with E-state index in [9.17, 15) is 19.5 Å². The number of thioether (sulfide) groups is 1. The molecule has 7 atom stereocenters. The fourth-order valence-corrected chi connectivity index (χ4v) is 9.20. The second kappa shape index (κ2) is 10.7. The maximum absolute atomic E-state index is 17.5. The summed E-state index contributed by atoms with van der Waals surface area (Å²) in [6.45, 7) is 3.60. The number of nitrogens with two attached hydrogens (primary N) is 1. The lowest BCUT2D eigenvalue weighted by molar-refractivity contribution is -0.214. The molecule has 2 aromatic carbocycles. The Labute approximate surface area is 254 Å². The van der Waals surface area contributed by atoms with E-state index in [-0.39, 0.29) is 41.1 Å². The highest BCUT2D eigenvalue weighted by molar-refractivity contribution is 8.13. The molecule has 3 saturated carbocycles. The van der Waals surface area contributed by atoms with Crippen molar-refractivity contribution in [3.8, 4) is 11.5 Å². The van der Waals surface area contributed by atoms with Crippen LogP contribution in [0.4, 0.5) is 4.39 Å². The highest BCUT2D eigenvalue weighted by Gasteiger charge is 2.75. The molecule has 0 aliphatic heterocycles. The van der Waals surface area contributed by atoms with Crippen molar-refractivity contribution in [3.63, 3.8) is 0 Å². The molecule has 43 heavy (non-hydrogen) atoms. The monoisotopic (exact) mass is 605 g/mol. The second-order valence-corrected chi connectivity index (χ2v) is 13.6. The van der Waals surface area contributed by atoms with Gasteiger partial charge in [-0.15, -0.1) is 0 Å². The predicted molar refractivity (Wildman–Crippen MR) is 161 cm³/mol. The maximum atomic E-state index is 17.5. The zero-order chi connectivity index (χ0) is 30.6. The summed E-state index contributed by atoms with van der Waals surface area (Å²) in [6.07, 6.45) is 4.53. The van der Waals surface area contributed by atoms with Gasteiger partial charge in [-0.1, -0.05) is 48.5 Å². The van der Waals surface area contributed by atoms with Gasteiger partial charge in [0, 0.05) is 22.6 Å². The molecule has 0 saturated heterocycles. The summed E-state index contributed by atoms with van der Waals surface area (Å²) in [7, 11) is 0. The van der Waals surface area contributed by atoms with E-state index in [0.29, 0.717) is 36.3 Å². The minimum absolute atomic E-state index is 0.00547. The number of carbonyl (C=O) groups excluding carboxylic acids is 3. The quantitative estimate of drug-likeness (QED) is 0.308. The largest absolute Gasteiger partial charge is 0.457 e. The Kier molecular flexibility index (Phi) is 7.42. The summed E-state index contributed by atoms with van der Waals surface area (Å²) in [5.74, 6) is -0.628. The number of rotatable bonds is 6. The van der Waals surface area contributed by atoms with E-state index in [1.165, 1.54) is 12.2 Å². The van der Waals surface area contributed by atoms with Crippen LogP contribution in [0.15, 0.2) is 78.4 Å². The van der Waals surface area contributed by atoms with Crippen LogP contribution >= 0.6 is 11.8 Å². The number of hydrogen-bond donors (Lipinski definition) is 2. The normalized spacial score (nSPS) is 36.2. The lowest BCUT2D eigenvalue weighted by Gasteiger charge is -2.62. The first-order valence-corrected chi connectivity index (χ1v) is 15.7. The van der Waals surface area contributed by atoms with Crippen LogP contribution in [0.5, 0.6) is 11.5 Å². The summed E-state index contributed by atoms with van der Waals surface area (Å²) in [4.78, 5) is 39.7. The van der Waals surface area contributed by atoms with Crippen molar-refractivity contribution < 1.29 is 33.4 Å². The molecule has 7 nitrogen and oxygen atoms in total. The lowest BCUT2D eigenvalue weighted by Crippen LogP contribution is -2.69. The Morgan fingerprint density at radius 3 is 2.44 bits per heavy atom. The SMILES string of the molecule is C[C@]12C=CC(=O)C=C1CC[C@H]1[C@@H]3CC[C@](OC(=O)c4ccc(Oc5ccccc5)cc4)(C(=O)SCN)[C@@]3(C)C[C@H](O)[C@@]12F. The molecule has 0 aromatic heterocycles. The van der Waals surface area contributed by atoms with Gasteiger partial charge in [0.1, 0.15) is 11.5 Å². The van der Waals surface area contributed by atoms with Gasteiger partial charge in [0.15, 0.2) is 17.1 Å². The van der Waals surface area contributed by atoms with Gasteiger partial charge in [0.25, 0.3) is 0 Å². The molecule has 0 unspecified atom stereocenters. The minimum atomic E-state index is -2.04. The van der Waals surface area contributed by atoms with Crippen LogP contribution in [-0.4, -0.2) is 45.2 Å². The molecule has 0 radical (unpaired) electrons. The molecule has 226 valence electrons. The molecule has 0 spiro atoms. The summed E-state index contributed by atoms with van der Waals surface area (Å²) in [6, 6.07) is 15.7. The fourth-order valence-electron chi connectivity index (χ4n) is 8.44. The van der Waals surface area contributed by atoms with E-state index < -0.39 is 40.1 Å². The van der Waals surface area contributed by atoms with Crippen molar-refractivity contribution in [1.29, 1.82) is 0 Å². The molecular weight excluding hydrogens is 569 g/mol. The van der Waals surface area contributed by atoms with Gasteiger partial charge in [-0.25, -0.2) is 9.18 Å². The average molecular weight is 606 g/mol. The van der Waals surface area contributed by atoms with E-state index in [1.807, 2.05) is 37.3 Å². The van der Waals surface area contributed by atoms with Crippen LogP contribution in [0.2, 0.25) is 0 Å². The number of allylic oxidation sites excluding steroid dienone is 4. The molecule has 0 heterocycles. The molecule has 2 aromatic rings. The van der Waals surface area contributed by atoms with Gasteiger partial charge in [-0.2, -0.15) is 0 Å². The van der Waals surface area contributed by atoms with Crippen LogP contribution < -0.4 is 10.5 Å². The molecule has 0 amide bonds. The molecule has 3 N–H and O–H groups in total. The van der Waals surface area contributed by atoms with Gasteiger partial charge in [-0.05, 0) is 93.5 Å². The predicted octanol–water partition coefficient (Wildman–Crippen LogP) is 5.92. The summed E-state index contributed by atoms with van der Waals surface area (Å²) in [5.41, 5.74) is 0.880. The highest BCUT2D eigenvalue weighted by atomic mass is 32.2. The number of fused-ring (bicyclic) bond motifs is 5. The molecule has 0 bridgehead atoms. The van der Waals surface area contributed by atoms with Crippen molar-refractivity contribution in [3.05, 3.63) is 84.0 Å². The maximum Gasteiger partial charge on any atom is 0.339 e. The Morgan fingerprint density at radius 2 is 1.74 bits per heavy atom. The van der Waals surface area contributed by atoms with Crippen molar-refractivity contribution in [2.24, 2.45) is 28.4 Å². The molecule has 4 aliphatic rings. The smallest absolute Gasteiger partial charge is 0.339 e. The molecule has 9 heteroatoms. The Balaban J connectivity index is 1.31. The Hall–Kier alpha value is -3.27. The molecule has 4 aliphatic carbocycles. The van der Waals surface area contributed by atoms with Crippen molar-refractivity contribution in [2.45, 2.75) is 63.3 Å². The third-order valence-corrected chi connectivity index (χ3v) is 11.4. The van der Waals surface area contributed by atoms with Crippen molar-refractivity contribution in [2.75, 3.05) is 5.88 Å². The number of ether oxygens (including phenoxy) is 2. The highest BCUT2D eigenvalue weighted by Crippen LogP contribution is 2.70. The number of hydrogen-bond acceptors (Lipinski definition) is 8. The zero-order valence-corrected chi connectivity index (χ0v) is 25.1. The fraction of sp³-hybridized carbons (Fsp3) is 0.441. The second-order valence-electron chi connectivity index (χ2n) is 12.6. The molecule has 3 fully saturated rings. The number of halogens is 1. The van der Waals surface area contributed by atoms with E-state index in [0.717, 1.165) is 11.8 Å². The first-order valence-electron chi connectivity index (χ1n) is 14.7. The number of carbonyl (C=O) groups is 3. The van der Waals surface area contributed by atoms with Gasteiger partial charge in [-0.3, -0.25) is 9.59 Å². The number of aliphatic hydroxyl groups excluding tert-OH is 1. The first kappa shape index (κ1) is 29.8. The van der Waals surface area contributed by atoms with E-state index in [1.54, 1.807) is 37.3 Å². The van der Waals surface area contributed by atoms with Gasteiger partial charge >= 0.3 is 5.97 Å². The van der Waals surface area contributed by atoms with Crippen LogP contribution in [0.3, 0.4) is 0 Å².